The van der Waals surface area contributed by atoms with Gasteiger partial charge < -0.3 is 18.8 Å². The van der Waals surface area contributed by atoms with E-state index < -0.39 is 0 Å². The highest BCUT2D eigenvalue weighted by atomic mass is 19.1. The van der Waals surface area contributed by atoms with Crippen LogP contribution < -0.4 is 9.47 Å². The highest BCUT2D eigenvalue weighted by Gasteiger charge is 2.26. The number of piperidine rings is 1. The Labute approximate surface area is 199 Å². The first-order chi connectivity index (χ1) is 16.7. The van der Waals surface area contributed by atoms with E-state index in [1.807, 2.05) is 18.2 Å². The molecule has 1 saturated heterocycles. The normalized spacial score (nSPS) is 16.6. The third-order valence-electron chi connectivity index (χ3n) is 6.51. The van der Waals surface area contributed by atoms with Gasteiger partial charge in [-0.1, -0.05) is 18.2 Å². The van der Waals surface area contributed by atoms with Crippen molar-refractivity contribution in [1.29, 1.82) is 0 Å². The van der Waals surface area contributed by atoms with E-state index in [0.29, 0.717) is 18.3 Å². The number of hydrogen-bond donors (Lipinski definition) is 0. The van der Waals surface area contributed by atoms with Crippen LogP contribution in [0.5, 0.6) is 11.5 Å². The van der Waals surface area contributed by atoms with E-state index in [9.17, 15) is 4.39 Å². The number of hydrogen-bond acceptors (Lipinski definition) is 4. The molecule has 2 aromatic heterocycles. The SMILES string of the molecule is COc1ccccc1-c1nc(C2CCCN(CCCOc3ccc(F)cc3)C2)n2ccccc12. The molecule has 0 amide bonds. The minimum Gasteiger partial charge on any atom is -0.496 e. The van der Waals surface area contributed by atoms with Crippen molar-refractivity contribution in [2.45, 2.75) is 25.2 Å². The third-order valence-corrected chi connectivity index (χ3v) is 6.51. The van der Waals surface area contributed by atoms with Crippen molar-refractivity contribution in [2.75, 3.05) is 33.4 Å². The second-order valence-electron chi connectivity index (χ2n) is 8.77. The summed E-state index contributed by atoms with van der Waals surface area (Å²) < 4.78 is 26.7. The van der Waals surface area contributed by atoms with Crippen LogP contribution in [0.1, 0.15) is 31.0 Å². The van der Waals surface area contributed by atoms with Gasteiger partial charge in [0.05, 0.1) is 19.2 Å². The van der Waals surface area contributed by atoms with E-state index in [1.165, 1.54) is 12.1 Å². The van der Waals surface area contributed by atoms with Crippen molar-refractivity contribution in [2.24, 2.45) is 0 Å². The van der Waals surface area contributed by atoms with Crippen molar-refractivity contribution >= 4 is 5.52 Å². The Balaban J connectivity index is 1.29. The number of ether oxygens (including phenoxy) is 2. The molecule has 1 aliphatic heterocycles. The second kappa shape index (κ2) is 10.3. The average molecular weight is 460 g/mol. The van der Waals surface area contributed by atoms with Crippen LogP contribution in [0.2, 0.25) is 0 Å². The zero-order valence-electron chi connectivity index (χ0n) is 19.5. The fraction of sp³-hybridized carbons (Fsp3) is 0.321. The maximum absolute atomic E-state index is 13.1. The van der Waals surface area contributed by atoms with Crippen LogP contribution >= 0.6 is 0 Å². The van der Waals surface area contributed by atoms with Crippen molar-refractivity contribution in [3.05, 3.63) is 84.6 Å². The lowest BCUT2D eigenvalue weighted by Gasteiger charge is -2.32. The van der Waals surface area contributed by atoms with Gasteiger partial charge in [0.1, 0.15) is 28.8 Å². The molecule has 0 aliphatic carbocycles. The summed E-state index contributed by atoms with van der Waals surface area (Å²) in [5.41, 5.74) is 3.09. The van der Waals surface area contributed by atoms with Crippen LogP contribution in [0, 0.1) is 5.82 Å². The number of nitrogens with zero attached hydrogens (tertiary/aromatic N) is 3. The average Bonchev–Trinajstić information content (AvgIpc) is 3.27. The topological polar surface area (TPSA) is 39.0 Å². The van der Waals surface area contributed by atoms with Crippen LogP contribution in [-0.4, -0.2) is 47.6 Å². The third kappa shape index (κ3) is 4.77. The molecule has 5 rings (SSSR count). The molecule has 0 bridgehead atoms. The summed E-state index contributed by atoms with van der Waals surface area (Å²) in [5, 5.41) is 0. The maximum atomic E-state index is 13.1. The quantitative estimate of drug-likeness (QED) is 0.312. The number of para-hydroxylation sites is 1. The predicted octanol–water partition coefficient (Wildman–Crippen LogP) is 5.80. The van der Waals surface area contributed by atoms with Crippen LogP contribution in [0.25, 0.3) is 16.8 Å². The summed E-state index contributed by atoms with van der Waals surface area (Å²) in [7, 11) is 1.71. The smallest absolute Gasteiger partial charge is 0.128 e. The fourth-order valence-electron chi connectivity index (χ4n) is 4.87. The van der Waals surface area contributed by atoms with E-state index in [4.69, 9.17) is 14.5 Å². The molecular formula is C28H30FN3O2. The van der Waals surface area contributed by atoms with E-state index in [0.717, 1.165) is 67.2 Å². The molecule has 0 N–H and O–H groups in total. The molecule has 1 atom stereocenters. The number of benzene rings is 2. The first-order valence-electron chi connectivity index (χ1n) is 11.9. The van der Waals surface area contributed by atoms with E-state index in [1.54, 1.807) is 19.2 Å². The Kier molecular flexibility index (Phi) is 6.77. The van der Waals surface area contributed by atoms with Gasteiger partial charge in [0, 0.05) is 30.8 Å². The first kappa shape index (κ1) is 22.4. The standard InChI is InChI=1S/C28H30FN3O2/c1-33-26-11-3-2-9-24(26)27-25-10-4-5-18-32(25)28(30-27)21-8-6-16-31(20-21)17-7-19-34-23-14-12-22(29)13-15-23/h2-5,9-15,18,21H,6-8,16-17,19-20H2,1H3. The van der Waals surface area contributed by atoms with Crippen LogP contribution in [0.3, 0.4) is 0 Å². The van der Waals surface area contributed by atoms with Gasteiger partial charge >= 0.3 is 0 Å². The molecule has 34 heavy (non-hydrogen) atoms. The monoisotopic (exact) mass is 459 g/mol. The highest BCUT2D eigenvalue weighted by molar-refractivity contribution is 5.81. The number of rotatable bonds is 8. The van der Waals surface area contributed by atoms with E-state index in [2.05, 4.69) is 39.8 Å². The molecule has 4 aromatic rings. The Bertz CT molecular complexity index is 1240. The van der Waals surface area contributed by atoms with Gasteiger partial charge in [-0.2, -0.15) is 0 Å². The number of pyridine rings is 1. The number of fused-ring (bicyclic) bond motifs is 1. The van der Waals surface area contributed by atoms with E-state index in [-0.39, 0.29) is 5.82 Å². The van der Waals surface area contributed by atoms with Gasteiger partial charge in [0.15, 0.2) is 0 Å². The van der Waals surface area contributed by atoms with E-state index >= 15 is 0 Å². The lowest BCUT2D eigenvalue weighted by atomic mass is 9.97. The Morgan fingerprint density at radius 3 is 2.71 bits per heavy atom. The van der Waals surface area contributed by atoms with Crippen LogP contribution in [-0.2, 0) is 0 Å². The summed E-state index contributed by atoms with van der Waals surface area (Å²) in [6, 6.07) is 20.5. The Morgan fingerprint density at radius 2 is 1.85 bits per heavy atom. The summed E-state index contributed by atoms with van der Waals surface area (Å²) in [6.07, 6.45) is 5.32. The van der Waals surface area contributed by atoms with Crippen molar-refractivity contribution in [3.63, 3.8) is 0 Å². The molecule has 176 valence electrons. The zero-order chi connectivity index (χ0) is 23.3. The van der Waals surface area contributed by atoms with Gasteiger partial charge in [-0.15, -0.1) is 0 Å². The molecular weight excluding hydrogens is 429 g/mol. The van der Waals surface area contributed by atoms with Gasteiger partial charge in [-0.05, 0) is 74.3 Å². The fourth-order valence-corrected chi connectivity index (χ4v) is 4.87. The lowest BCUT2D eigenvalue weighted by Crippen LogP contribution is -2.36. The molecule has 0 saturated carbocycles. The molecule has 5 nitrogen and oxygen atoms in total. The lowest BCUT2D eigenvalue weighted by molar-refractivity contribution is 0.186. The number of methoxy groups -OCH3 is 1. The number of aromatic nitrogens is 2. The Morgan fingerprint density at radius 1 is 1.03 bits per heavy atom. The number of likely N-dealkylation sites (tertiary alicyclic amines) is 1. The molecule has 0 spiro atoms. The van der Waals surface area contributed by atoms with Crippen molar-refractivity contribution in [1.82, 2.24) is 14.3 Å². The van der Waals surface area contributed by atoms with Gasteiger partial charge in [-0.25, -0.2) is 9.37 Å². The highest BCUT2D eigenvalue weighted by Crippen LogP contribution is 2.35. The largest absolute Gasteiger partial charge is 0.496 e. The zero-order valence-corrected chi connectivity index (χ0v) is 19.5. The molecule has 1 aliphatic rings. The summed E-state index contributed by atoms with van der Waals surface area (Å²) in [6.45, 7) is 3.67. The maximum Gasteiger partial charge on any atom is 0.128 e. The second-order valence-corrected chi connectivity index (χ2v) is 8.77. The molecule has 1 unspecified atom stereocenters. The molecule has 6 heteroatoms. The first-order valence-corrected chi connectivity index (χ1v) is 11.9. The summed E-state index contributed by atoms with van der Waals surface area (Å²) in [5.74, 6) is 2.79. The van der Waals surface area contributed by atoms with Crippen LogP contribution in [0.4, 0.5) is 4.39 Å². The van der Waals surface area contributed by atoms with Crippen molar-refractivity contribution < 1.29 is 13.9 Å². The molecule has 0 radical (unpaired) electrons. The molecule has 3 heterocycles. The molecule has 1 fully saturated rings. The van der Waals surface area contributed by atoms with Gasteiger partial charge in [0.25, 0.3) is 0 Å². The van der Waals surface area contributed by atoms with Crippen molar-refractivity contribution in [3.8, 4) is 22.8 Å². The Hall–Kier alpha value is -3.38. The molecule has 2 aromatic carbocycles. The summed E-state index contributed by atoms with van der Waals surface area (Å²) >= 11 is 0. The van der Waals surface area contributed by atoms with Crippen LogP contribution in [0.15, 0.2) is 72.9 Å². The minimum atomic E-state index is -0.243. The predicted molar refractivity (Wildman–Crippen MR) is 132 cm³/mol. The summed E-state index contributed by atoms with van der Waals surface area (Å²) in [4.78, 5) is 7.68. The number of imidazole rings is 1. The number of halogens is 1. The minimum absolute atomic E-state index is 0.243. The van der Waals surface area contributed by atoms with Gasteiger partial charge in [0.2, 0.25) is 0 Å². The van der Waals surface area contributed by atoms with Gasteiger partial charge in [-0.3, -0.25) is 0 Å².